The zero-order valence-corrected chi connectivity index (χ0v) is 11.8. The Bertz CT molecular complexity index is 544. The molecule has 1 saturated heterocycles. The second-order valence-electron chi connectivity index (χ2n) is 4.66. The van der Waals surface area contributed by atoms with Crippen LogP contribution in [0.25, 0.3) is 0 Å². The van der Waals surface area contributed by atoms with Gasteiger partial charge in [-0.1, -0.05) is 17.7 Å². The van der Waals surface area contributed by atoms with Crippen LogP contribution in [0.3, 0.4) is 0 Å². The Morgan fingerprint density at radius 2 is 2.21 bits per heavy atom. The van der Waals surface area contributed by atoms with Crippen molar-refractivity contribution >= 4 is 21.6 Å². The molecule has 1 aliphatic heterocycles. The summed E-state index contributed by atoms with van der Waals surface area (Å²) in [7, 11) is -3.67. The fraction of sp³-hybridized carbons (Fsp3) is 0.500. The van der Waals surface area contributed by atoms with Gasteiger partial charge < -0.3 is 4.74 Å². The lowest BCUT2D eigenvalue weighted by Gasteiger charge is -2.30. The van der Waals surface area contributed by atoms with Crippen molar-refractivity contribution < 1.29 is 17.5 Å². The molecule has 0 saturated carbocycles. The monoisotopic (exact) mass is 307 g/mol. The number of benzene rings is 1. The van der Waals surface area contributed by atoms with E-state index >= 15 is 0 Å². The average molecular weight is 308 g/mol. The van der Waals surface area contributed by atoms with Gasteiger partial charge in [0.05, 0.1) is 11.9 Å². The third kappa shape index (κ3) is 3.45. The lowest BCUT2D eigenvalue weighted by Crippen LogP contribution is -2.42. The fourth-order valence-electron chi connectivity index (χ4n) is 2.39. The quantitative estimate of drug-likeness (QED) is 0.924. The van der Waals surface area contributed by atoms with Gasteiger partial charge in [-0.3, -0.25) is 0 Å². The SMILES string of the molecule is NS(=O)(=O)[C@@H]1CCOC[C@H]1Cc1c(F)cccc1Cl. The zero-order valence-electron chi connectivity index (χ0n) is 10.2. The van der Waals surface area contributed by atoms with Crippen LogP contribution in [0.2, 0.25) is 5.02 Å². The third-order valence-electron chi connectivity index (χ3n) is 3.35. The largest absolute Gasteiger partial charge is 0.381 e. The van der Waals surface area contributed by atoms with E-state index in [1.807, 2.05) is 0 Å². The van der Waals surface area contributed by atoms with Crippen molar-refractivity contribution in [1.29, 1.82) is 0 Å². The van der Waals surface area contributed by atoms with Gasteiger partial charge in [-0.15, -0.1) is 0 Å². The first-order chi connectivity index (χ1) is 8.89. The number of hydrogen-bond donors (Lipinski definition) is 1. The van der Waals surface area contributed by atoms with Crippen LogP contribution in [0.1, 0.15) is 12.0 Å². The van der Waals surface area contributed by atoms with E-state index in [1.165, 1.54) is 12.1 Å². The lowest BCUT2D eigenvalue weighted by molar-refractivity contribution is 0.0570. The molecular weight excluding hydrogens is 293 g/mol. The van der Waals surface area contributed by atoms with E-state index in [4.69, 9.17) is 21.5 Å². The molecule has 106 valence electrons. The highest BCUT2D eigenvalue weighted by Crippen LogP contribution is 2.28. The van der Waals surface area contributed by atoms with Crippen LogP contribution in [0.4, 0.5) is 4.39 Å². The van der Waals surface area contributed by atoms with Gasteiger partial charge in [-0.05, 0) is 25.0 Å². The van der Waals surface area contributed by atoms with Gasteiger partial charge in [0.25, 0.3) is 0 Å². The molecule has 1 aliphatic rings. The van der Waals surface area contributed by atoms with Gasteiger partial charge in [0.2, 0.25) is 10.0 Å². The molecule has 0 unspecified atom stereocenters. The van der Waals surface area contributed by atoms with Crippen molar-refractivity contribution in [3.8, 4) is 0 Å². The molecule has 1 heterocycles. The molecule has 2 rings (SSSR count). The summed E-state index contributed by atoms with van der Waals surface area (Å²) in [5.41, 5.74) is 0.313. The first kappa shape index (κ1) is 14.7. The van der Waals surface area contributed by atoms with Crippen molar-refractivity contribution in [1.82, 2.24) is 0 Å². The van der Waals surface area contributed by atoms with Crippen LogP contribution in [-0.2, 0) is 21.2 Å². The highest BCUT2D eigenvalue weighted by Gasteiger charge is 2.34. The summed E-state index contributed by atoms with van der Waals surface area (Å²) < 4.78 is 42.1. The van der Waals surface area contributed by atoms with Crippen molar-refractivity contribution in [2.45, 2.75) is 18.1 Å². The topological polar surface area (TPSA) is 69.4 Å². The summed E-state index contributed by atoms with van der Waals surface area (Å²) in [6.45, 7) is 0.592. The van der Waals surface area contributed by atoms with Crippen molar-refractivity contribution in [3.63, 3.8) is 0 Å². The Morgan fingerprint density at radius 3 is 2.84 bits per heavy atom. The molecule has 1 aromatic rings. The van der Waals surface area contributed by atoms with Gasteiger partial charge in [0.15, 0.2) is 0 Å². The molecule has 0 aromatic heterocycles. The summed E-state index contributed by atoms with van der Waals surface area (Å²) >= 11 is 5.95. The molecule has 4 nitrogen and oxygen atoms in total. The van der Waals surface area contributed by atoms with Gasteiger partial charge in [0, 0.05) is 23.1 Å². The summed E-state index contributed by atoms with van der Waals surface area (Å²) in [5, 5.41) is 4.80. The predicted octanol–water partition coefficient (Wildman–Crippen LogP) is 1.72. The van der Waals surface area contributed by atoms with Crippen LogP contribution in [-0.4, -0.2) is 26.9 Å². The standard InChI is InChI=1S/C12H15ClFNO3S/c13-10-2-1-3-11(14)9(10)6-8-7-18-5-4-12(8)19(15,16)17/h1-3,8,12H,4-7H2,(H2,15,16,17)/t8-,12-/m1/s1. The van der Waals surface area contributed by atoms with E-state index in [1.54, 1.807) is 6.07 Å². The number of nitrogens with two attached hydrogens (primary N) is 1. The minimum absolute atomic E-state index is 0.201. The molecule has 2 atom stereocenters. The number of halogens is 2. The average Bonchev–Trinajstić information content (AvgIpc) is 2.33. The van der Waals surface area contributed by atoms with Crippen LogP contribution < -0.4 is 5.14 Å². The van der Waals surface area contributed by atoms with Crippen LogP contribution in [0.15, 0.2) is 18.2 Å². The zero-order chi connectivity index (χ0) is 14.0. The van der Waals surface area contributed by atoms with Crippen LogP contribution >= 0.6 is 11.6 Å². The number of sulfonamides is 1. The lowest BCUT2D eigenvalue weighted by atomic mass is 9.93. The Morgan fingerprint density at radius 1 is 1.47 bits per heavy atom. The molecule has 1 aromatic carbocycles. The summed E-state index contributed by atoms with van der Waals surface area (Å²) in [6, 6.07) is 4.39. The van der Waals surface area contributed by atoms with Crippen molar-refractivity contribution in [2.24, 2.45) is 11.1 Å². The van der Waals surface area contributed by atoms with Crippen LogP contribution in [0, 0.1) is 11.7 Å². The molecule has 19 heavy (non-hydrogen) atoms. The van der Waals surface area contributed by atoms with Crippen molar-refractivity contribution in [3.05, 3.63) is 34.6 Å². The molecule has 7 heteroatoms. The summed E-state index contributed by atoms with van der Waals surface area (Å²) in [5.74, 6) is -0.815. The maximum atomic E-state index is 13.7. The fourth-order valence-corrected chi connectivity index (χ4v) is 3.77. The maximum absolute atomic E-state index is 13.7. The smallest absolute Gasteiger partial charge is 0.212 e. The number of hydrogen-bond acceptors (Lipinski definition) is 3. The summed E-state index contributed by atoms with van der Waals surface area (Å²) in [4.78, 5) is 0. The molecule has 0 radical (unpaired) electrons. The van der Waals surface area contributed by atoms with Crippen molar-refractivity contribution in [2.75, 3.05) is 13.2 Å². The highest BCUT2D eigenvalue weighted by molar-refractivity contribution is 7.89. The van der Waals surface area contributed by atoms with Gasteiger partial charge >= 0.3 is 0 Å². The molecule has 2 N–H and O–H groups in total. The van der Waals surface area contributed by atoms with E-state index in [0.29, 0.717) is 23.6 Å². The summed E-state index contributed by atoms with van der Waals surface area (Å²) in [6.07, 6.45) is 0.530. The minimum Gasteiger partial charge on any atom is -0.381 e. The second kappa shape index (κ2) is 5.75. The van der Waals surface area contributed by atoms with Gasteiger partial charge in [-0.2, -0.15) is 0 Å². The first-order valence-corrected chi connectivity index (χ1v) is 7.90. The Labute approximate surface area is 116 Å². The van der Waals surface area contributed by atoms with E-state index in [9.17, 15) is 12.8 Å². The maximum Gasteiger partial charge on any atom is 0.212 e. The highest BCUT2D eigenvalue weighted by atomic mass is 35.5. The molecule has 0 bridgehead atoms. The predicted molar refractivity (Wildman–Crippen MR) is 70.9 cm³/mol. The van der Waals surface area contributed by atoms with E-state index in [-0.39, 0.29) is 18.9 Å². The first-order valence-electron chi connectivity index (χ1n) is 5.92. The molecular formula is C12H15ClFNO3S. The van der Waals surface area contributed by atoms with Gasteiger partial charge in [-0.25, -0.2) is 17.9 Å². The van der Waals surface area contributed by atoms with E-state index in [0.717, 1.165) is 0 Å². The minimum atomic E-state index is -3.67. The third-order valence-corrected chi connectivity index (χ3v) is 5.17. The molecule has 0 aliphatic carbocycles. The van der Waals surface area contributed by atoms with E-state index < -0.39 is 21.1 Å². The Balaban J connectivity index is 2.25. The normalized spacial score (nSPS) is 24.4. The number of primary sulfonamides is 1. The Hall–Kier alpha value is -0.690. The second-order valence-corrected chi connectivity index (χ2v) is 6.85. The van der Waals surface area contributed by atoms with E-state index in [2.05, 4.69) is 0 Å². The molecule has 1 fully saturated rings. The number of rotatable bonds is 3. The number of ether oxygens (including phenoxy) is 1. The van der Waals surface area contributed by atoms with Gasteiger partial charge in [0.1, 0.15) is 5.82 Å². The van der Waals surface area contributed by atoms with Crippen LogP contribution in [0.5, 0.6) is 0 Å². The molecule has 0 spiro atoms. The Kier molecular flexibility index (Phi) is 4.45. The molecule has 0 amide bonds.